The van der Waals surface area contributed by atoms with E-state index in [4.69, 9.17) is 0 Å². The Balaban J connectivity index is 1.74. The van der Waals surface area contributed by atoms with Crippen LogP contribution in [0.15, 0.2) is 18.2 Å². The van der Waals surface area contributed by atoms with Gasteiger partial charge in [-0.15, -0.1) is 0 Å². The molecule has 116 valence electrons. The van der Waals surface area contributed by atoms with Crippen LogP contribution < -0.4 is 0 Å². The second-order valence-electron chi connectivity index (χ2n) is 6.69. The molecule has 1 N–H and O–H groups in total. The van der Waals surface area contributed by atoms with Gasteiger partial charge >= 0.3 is 6.18 Å². The van der Waals surface area contributed by atoms with Crippen LogP contribution in [0.3, 0.4) is 0 Å². The van der Waals surface area contributed by atoms with Crippen molar-refractivity contribution in [3.05, 3.63) is 34.9 Å². The van der Waals surface area contributed by atoms with Crippen molar-refractivity contribution in [2.24, 2.45) is 5.92 Å². The number of aliphatic hydroxyl groups is 1. The van der Waals surface area contributed by atoms with E-state index in [1.54, 1.807) is 0 Å². The van der Waals surface area contributed by atoms with Gasteiger partial charge in [-0.2, -0.15) is 13.2 Å². The molecule has 1 aromatic carbocycles. The van der Waals surface area contributed by atoms with Crippen molar-refractivity contribution in [3.63, 3.8) is 0 Å². The molecule has 3 rings (SSSR count). The van der Waals surface area contributed by atoms with Crippen molar-refractivity contribution in [2.75, 3.05) is 0 Å². The van der Waals surface area contributed by atoms with Gasteiger partial charge in [-0.1, -0.05) is 18.2 Å². The zero-order valence-corrected chi connectivity index (χ0v) is 12.0. The monoisotopic (exact) mass is 298 g/mol. The fourth-order valence-corrected chi connectivity index (χ4v) is 3.90. The molecule has 0 spiro atoms. The maximum Gasteiger partial charge on any atom is 0.391 e. The van der Waals surface area contributed by atoms with Crippen molar-refractivity contribution in [2.45, 2.75) is 63.1 Å². The average Bonchev–Trinajstić information content (AvgIpc) is 2.84. The summed E-state index contributed by atoms with van der Waals surface area (Å²) < 4.78 is 38.7. The number of halogens is 3. The highest BCUT2D eigenvalue weighted by Gasteiger charge is 2.46. The molecule has 0 amide bonds. The molecule has 1 saturated carbocycles. The molecule has 0 aromatic heterocycles. The molecule has 2 aliphatic rings. The number of alkyl halides is 3. The molecule has 0 saturated heterocycles. The van der Waals surface area contributed by atoms with Crippen LogP contribution in [-0.2, 0) is 19.3 Å². The highest BCUT2D eigenvalue weighted by Crippen LogP contribution is 2.43. The highest BCUT2D eigenvalue weighted by molar-refractivity contribution is 5.35. The maximum atomic E-state index is 12.9. The molecular weight excluding hydrogens is 277 g/mol. The van der Waals surface area contributed by atoms with Gasteiger partial charge in [0.05, 0.1) is 11.5 Å². The summed E-state index contributed by atoms with van der Waals surface area (Å²) in [6.45, 7) is 0. The average molecular weight is 298 g/mol. The molecule has 0 aliphatic heterocycles. The number of rotatable bonds is 2. The minimum atomic E-state index is -4.19. The van der Waals surface area contributed by atoms with Crippen molar-refractivity contribution < 1.29 is 18.3 Å². The second kappa shape index (κ2) is 5.31. The van der Waals surface area contributed by atoms with Crippen molar-refractivity contribution in [3.8, 4) is 0 Å². The molecule has 0 heterocycles. The molecule has 0 radical (unpaired) electrons. The largest absolute Gasteiger partial charge is 0.391 e. The van der Waals surface area contributed by atoms with E-state index in [1.807, 2.05) is 6.07 Å². The Morgan fingerprint density at radius 1 is 1.14 bits per heavy atom. The van der Waals surface area contributed by atoms with Crippen LogP contribution in [0, 0.1) is 5.92 Å². The zero-order valence-electron chi connectivity index (χ0n) is 12.0. The summed E-state index contributed by atoms with van der Waals surface area (Å²) in [6, 6.07) is 6.13. The van der Waals surface area contributed by atoms with E-state index in [1.165, 1.54) is 11.1 Å². The summed E-state index contributed by atoms with van der Waals surface area (Å²) >= 11 is 0. The number of aryl methyl sites for hydroxylation is 2. The Morgan fingerprint density at radius 2 is 1.90 bits per heavy atom. The van der Waals surface area contributed by atoms with E-state index in [-0.39, 0.29) is 12.8 Å². The van der Waals surface area contributed by atoms with Gasteiger partial charge in [0.1, 0.15) is 0 Å². The standard InChI is InChI=1S/C17H21F3O/c18-17(19,20)15-5-2-8-16(21,11-15)10-12-6-7-13-3-1-4-14(13)9-12/h6-7,9,15,21H,1-5,8,10-11H2. The van der Waals surface area contributed by atoms with Gasteiger partial charge in [0.25, 0.3) is 0 Å². The third-order valence-corrected chi connectivity index (χ3v) is 4.98. The molecule has 1 fully saturated rings. The van der Waals surface area contributed by atoms with Crippen molar-refractivity contribution in [1.82, 2.24) is 0 Å². The third kappa shape index (κ3) is 3.25. The van der Waals surface area contributed by atoms with E-state index < -0.39 is 17.7 Å². The first-order valence-electron chi connectivity index (χ1n) is 7.76. The fraction of sp³-hybridized carbons (Fsp3) is 0.647. The smallest absolute Gasteiger partial charge is 0.390 e. The lowest BCUT2D eigenvalue weighted by Gasteiger charge is -2.37. The van der Waals surface area contributed by atoms with E-state index in [0.717, 1.165) is 24.8 Å². The molecule has 4 heteroatoms. The molecule has 2 atom stereocenters. The molecule has 0 bridgehead atoms. The Bertz CT molecular complexity index is 523. The minimum absolute atomic E-state index is 0.149. The van der Waals surface area contributed by atoms with Crippen LogP contribution in [0.2, 0.25) is 0 Å². The van der Waals surface area contributed by atoms with Crippen LogP contribution in [0.1, 0.15) is 48.8 Å². The summed E-state index contributed by atoms with van der Waals surface area (Å²) in [5.74, 6) is -1.36. The summed E-state index contributed by atoms with van der Waals surface area (Å²) in [5.41, 5.74) is 2.42. The predicted octanol–water partition coefficient (Wildman–Crippen LogP) is 4.20. The van der Waals surface area contributed by atoms with Crippen LogP contribution >= 0.6 is 0 Å². The SMILES string of the molecule is OC1(Cc2ccc3c(c2)CCC3)CCCC(C(F)(F)F)C1. The van der Waals surface area contributed by atoms with E-state index >= 15 is 0 Å². The van der Waals surface area contributed by atoms with Gasteiger partial charge in [-0.05, 0) is 61.6 Å². The van der Waals surface area contributed by atoms with E-state index in [9.17, 15) is 18.3 Å². The fourth-order valence-electron chi connectivity index (χ4n) is 3.90. The van der Waals surface area contributed by atoms with Gasteiger partial charge in [-0.25, -0.2) is 0 Å². The third-order valence-electron chi connectivity index (χ3n) is 4.98. The molecular formula is C17H21F3O. The van der Waals surface area contributed by atoms with Crippen LogP contribution in [0.25, 0.3) is 0 Å². The van der Waals surface area contributed by atoms with E-state index in [2.05, 4.69) is 12.1 Å². The first-order chi connectivity index (χ1) is 9.86. The van der Waals surface area contributed by atoms with Gasteiger partial charge in [0, 0.05) is 6.42 Å². The van der Waals surface area contributed by atoms with Crippen LogP contribution in [0.4, 0.5) is 13.2 Å². The molecule has 2 aliphatic carbocycles. The number of benzene rings is 1. The topological polar surface area (TPSA) is 20.2 Å². The summed E-state index contributed by atoms with van der Waals surface area (Å²) in [7, 11) is 0. The van der Waals surface area contributed by atoms with Crippen molar-refractivity contribution >= 4 is 0 Å². The second-order valence-corrected chi connectivity index (χ2v) is 6.69. The Hall–Kier alpha value is -1.03. The summed E-state index contributed by atoms with van der Waals surface area (Å²) in [6.07, 6.45) is 0.354. The van der Waals surface area contributed by atoms with Gasteiger partial charge in [-0.3, -0.25) is 0 Å². The Morgan fingerprint density at radius 3 is 2.67 bits per heavy atom. The number of fused-ring (bicyclic) bond motifs is 1. The van der Waals surface area contributed by atoms with E-state index in [0.29, 0.717) is 19.3 Å². The Kier molecular flexibility index (Phi) is 3.76. The van der Waals surface area contributed by atoms with Gasteiger partial charge in [0.15, 0.2) is 0 Å². The molecule has 1 nitrogen and oxygen atoms in total. The quantitative estimate of drug-likeness (QED) is 0.867. The van der Waals surface area contributed by atoms with Crippen LogP contribution in [-0.4, -0.2) is 16.9 Å². The molecule has 1 aromatic rings. The number of hydrogen-bond donors (Lipinski definition) is 1. The summed E-state index contributed by atoms with van der Waals surface area (Å²) in [4.78, 5) is 0. The van der Waals surface area contributed by atoms with Crippen LogP contribution in [0.5, 0.6) is 0 Å². The zero-order chi connectivity index (χ0) is 15.1. The lowest BCUT2D eigenvalue weighted by molar-refractivity contribution is -0.200. The maximum absolute atomic E-state index is 12.9. The minimum Gasteiger partial charge on any atom is -0.390 e. The molecule has 2 unspecified atom stereocenters. The van der Waals surface area contributed by atoms with Gasteiger partial charge < -0.3 is 5.11 Å². The number of hydrogen-bond acceptors (Lipinski definition) is 1. The lowest BCUT2D eigenvalue weighted by atomic mass is 9.74. The summed E-state index contributed by atoms with van der Waals surface area (Å²) in [5, 5.41) is 10.6. The Labute approximate surface area is 123 Å². The molecule has 21 heavy (non-hydrogen) atoms. The highest BCUT2D eigenvalue weighted by atomic mass is 19.4. The van der Waals surface area contributed by atoms with Crippen molar-refractivity contribution in [1.29, 1.82) is 0 Å². The first kappa shape index (κ1) is 14.9. The first-order valence-corrected chi connectivity index (χ1v) is 7.76. The normalized spacial score (nSPS) is 29.4. The predicted molar refractivity (Wildman–Crippen MR) is 75.1 cm³/mol. The lowest BCUT2D eigenvalue weighted by Crippen LogP contribution is -2.41. The van der Waals surface area contributed by atoms with Gasteiger partial charge in [0.2, 0.25) is 0 Å².